The molecule has 0 atom stereocenters. The van der Waals surface area contributed by atoms with Crippen LogP contribution in [0.1, 0.15) is 38.8 Å². The monoisotopic (exact) mass is 353 g/mol. The molecule has 0 saturated carbocycles. The summed E-state index contributed by atoms with van der Waals surface area (Å²) in [7, 11) is -0.400. The van der Waals surface area contributed by atoms with Gasteiger partial charge < -0.3 is 14.0 Å². The minimum Gasteiger partial charge on any atom is -0.489 e. The fourth-order valence-corrected chi connectivity index (χ4v) is 2.59. The van der Waals surface area contributed by atoms with Crippen molar-refractivity contribution in [1.82, 2.24) is 0 Å². The van der Waals surface area contributed by atoms with Gasteiger partial charge >= 0.3 is 7.12 Å². The Kier molecular flexibility index (Phi) is 4.79. The molecule has 0 amide bonds. The third kappa shape index (κ3) is 3.60. The zero-order valence-electron chi connectivity index (χ0n) is 15.4. The lowest BCUT2D eigenvalue weighted by molar-refractivity contribution is 0.00578. The van der Waals surface area contributed by atoms with Gasteiger partial charge in [0.15, 0.2) is 0 Å². The zero-order chi connectivity index (χ0) is 18.9. The van der Waals surface area contributed by atoms with Gasteiger partial charge in [0.2, 0.25) is 0 Å². The topological polar surface area (TPSA) is 51.5 Å². The molecule has 4 nitrogen and oxygen atoms in total. The maximum Gasteiger partial charge on any atom is 0.494 e. The quantitative estimate of drug-likeness (QED) is 0.789. The fourth-order valence-electron chi connectivity index (χ4n) is 2.59. The van der Waals surface area contributed by atoms with Crippen LogP contribution in [0.2, 0.25) is 0 Å². The molecule has 0 N–H and O–H groups in total. The van der Waals surface area contributed by atoms with E-state index in [4.69, 9.17) is 19.3 Å². The second kappa shape index (κ2) is 6.75. The molecule has 1 aliphatic heterocycles. The van der Waals surface area contributed by atoms with Gasteiger partial charge in [-0.3, -0.25) is 0 Å². The van der Waals surface area contributed by atoms with Crippen LogP contribution in [-0.2, 0) is 15.9 Å². The Balaban J connectivity index is 1.64. The smallest absolute Gasteiger partial charge is 0.489 e. The van der Waals surface area contributed by atoms with E-state index >= 15 is 0 Å². The molecule has 1 saturated heterocycles. The molecule has 26 heavy (non-hydrogen) atoms. The number of halogens is 1. The lowest BCUT2D eigenvalue weighted by atomic mass is 9.79. The maximum atomic E-state index is 13.6. The lowest BCUT2D eigenvalue weighted by Crippen LogP contribution is -2.41. The van der Waals surface area contributed by atoms with Gasteiger partial charge in [0, 0.05) is 6.07 Å². The van der Waals surface area contributed by atoms with Crippen molar-refractivity contribution in [1.29, 1.82) is 5.26 Å². The number of nitriles is 1. The van der Waals surface area contributed by atoms with E-state index < -0.39 is 12.9 Å². The van der Waals surface area contributed by atoms with E-state index in [9.17, 15) is 4.39 Å². The summed E-state index contributed by atoms with van der Waals surface area (Å²) in [5, 5.41) is 8.75. The van der Waals surface area contributed by atoms with Crippen LogP contribution in [-0.4, -0.2) is 18.3 Å². The van der Waals surface area contributed by atoms with Gasteiger partial charge in [-0.05, 0) is 50.9 Å². The van der Waals surface area contributed by atoms with Crippen LogP contribution in [0.25, 0.3) is 0 Å². The number of nitrogens with zero attached hydrogens (tertiary/aromatic N) is 1. The molecule has 3 rings (SSSR count). The van der Waals surface area contributed by atoms with Gasteiger partial charge in [0.1, 0.15) is 24.2 Å². The van der Waals surface area contributed by atoms with Gasteiger partial charge in [-0.15, -0.1) is 0 Å². The molecule has 0 bridgehead atoms. The molecule has 0 spiro atoms. The number of rotatable bonds is 4. The summed E-state index contributed by atoms with van der Waals surface area (Å²) in [6, 6.07) is 13.7. The molecule has 1 heterocycles. The zero-order valence-corrected chi connectivity index (χ0v) is 15.4. The standard InChI is InChI=1S/C20H21BFNO3/c1-19(2)20(3,4)26-21(25-19)16-8-5-14(6-9-16)13-24-17-10-7-15(12-23)18(22)11-17/h5-11H,13H2,1-4H3. The summed E-state index contributed by atoms with van der Waals surface area (Å²) >= 11 is 0. The summed E-state index contributed by atoms with van der Waals surface area (Å²) in [4.78, 5) is 0. The number of ether oxygens (including phenoxy) is 1. The van der Waals surface area contributed by atoms with E-state index in [0.29, 0.717) is 12.4 Å². The highest BCUT2D eigenvalue weighted by atomic mass is 19.1. The Hall–Kier alpha value is -2.36. The Morgan fingerprint density at radius 2 is 1.65 bits per heavy atom. The van der Waals surface area contributed by atoms with Crippen molar-refractivity contribution < 1.29 is 18.4 Å². The molecular weight excluding hydrogens is 332 g/mol. The maximum absolute atomic E-state index is 13.6. The Labute approximate surface area is 153 Å². The first kappa shape index (κ1) is 18.4. The minimum absolute atomic E-state index is 0.00381. The molecule has 1 aliphatic rings. The molecule has 0 unspecified atom stereocenters. The normalized spacial score (nSPS) is 17.8. The Bertz CT molecular complexity index is 827. The summed E-state index contributed by atoms with van der Waals surface area (Å²) < 4.78 is 31.3. The number of hydrogen-bond acceptors (Lipinski definition) is 4. The van der Waals surface area contributed by atoms with Crippen molar-refractivity contribution in [2.75, 3.05) is 0 Å². The molecule has 2 aromatic rings. The SMILES string of the molecule is CC1(C)OB(c2ccc(COc3ccc(C#N)c(F)c3)cc2)OC1(C)C. The Morgan fingerprint density at radius 1 is 1.04 bits per heavy atom. The van der Waals surface area contributed by atoms with Crippen LogP contribution >= 0.6 is 0 Å². The average molecular weight is 353 g/mol. The minimum atomic E-state index is -0.582. The van der Waals surface area contributed by atoms with Crippen LogP contribution in [0.4, 0.5) is 4.39 Å². The molecule has 0 aromatic heterocycles. The molecule has 6 heteroatoms. The highest BCUT2D eigenvalue weighted by Gasteiger charge is 2.51. The second-order valence-electron chi connectivity index (χ2n) is 7.37. The van der Waals surface area contributed by atoms with Crippen LogP contribution in [0.3, 0.4) is 0 Å². The van der Waals surface area contributed by atoms with Crippen molar-refractivity contribution in [2.24, 2.45) is 0 Å². The fraction of sp³-hybridized carbons (Fsp3) is 0.350. The van der Waals surface area contributed by atoms with Gasteiger partial charge in [-0.2, -0.15) is 5.26 Å². The lowest BCUT2D eigenvalue weighted by Gasteiger charge is -2.32. The molecule has 0 radical (unpaired) electrons. The first-order chi connectivity index (χ1) is 12.2. The van der Waals surface area contributed by atoms with Crippen molar-refractivity contribution in [3.63, 3.8) is 0 Å². The van der Waals surface area contributed by atoms with E-state index in [1.165, 1.54) is 12.1 Å². The third-order valence-electron chi connectivity index (χ3n) is 4.97. The second-order valence-corrected chi connectivity index (χ2v) is 7.37. The number of benzene rings is 2. The van der Waals surface area contributed by atoms with Crippen molar-refractivity contribution in [2.45, 2.75) is 45.5 Å². The summed E-state index contributed by atoms with van der Waals surface area (Å²) in [6.07, 6.45) is 0. The Morgan fingerprint density at radius 3 is 2.19 bits per heavy atom. The first-order valence-corrected chi connectivity index (χ1v) is 8.49. The van der Waals surface area contributed by atoms with E-state index in [1.54, 1.807) is 12.1 Å². The van der Waals surface area contributed by atoms with Gasteiger partial charge in [-0.25, -0.2) is 4.39 Å². The van der Waals surface area contributed by atoms with Crippen LogP contribution in [0.5, 0.6) is 5.75 Å². The van der Waals surface area contributed by atoms with E-state index in [2.05, 4.69) is 0 Å². The molecule has 134 valence electrons. The predicted molar refractivity (Wildman–Crippen MR) is 97.6 cm³/mol. The predicted octanol–water partition coefficient (Wildman–Crippen LogP) is 3.58. The van der Waals surface area contributed by atoms with Crippen molar-refractivity contribution in [3.8, 4) is 11.8 Å². The van der Waals surface area contributed by atoms with Crippen LogP contribution < -0.4 is 10.2 Å². The molecule has 1 fully saturated rings. The van der Waals surface area contributed by atoms with Gasteiger partial charge in [-0.1, -0.05) is 24.3 Å². The van der Waals surface area contributed by atoms with E-state index in [-0.39, 0.29) is 16.8 Å². The average Bonchev–Trinajstić information content (AvgIpc) is 2.81. The summed E-state index contributed by atoms with van der Waals surface area (Å²) in [6.45, 7) is 8.38. The molecular formula is C20H21BFNO3. The third-order valence-corrected chi connectivity index (χ3v) is 4.97. The van der Waals surface area contributed by atoms with Crippen molar-refractivity contribution in [3.05, 3.63) is 59.4 Å². The van der Waals surface area contributed by atoms with Crippen molar-refractivity contribution >= 4 is 12.6 Å². The van der Waals surface area contributed by atoms with E-state index in [1.807, 2.05) is 52.0 Å². The highest BCUT2D eigenvalue weighted by molar-refractivity contribution is 6.62. The molecule has 2 aromatic carbocycles. The first-order valence-electron chi connectivity index (χ1n) is 8.49. The van der Waals surface area contributed by atoms with E-state index in [0.717, 1.165) is 11.0 Å². The number of hydrogen-bond donors (Lipinski definition) is 0. The van der Waals surface area contributed by atoms with Gasteiger partial charge in [0.25, 0.3) is 0 Å². The largest absolute Gasteiger partial charge is 0.494 e. The van der Waals surface area contributed by atoms with Gasteiger partial charge in [0.05, 0.1) is 16.8 Å². The van der Waals surface area contributed by atoms with Crippen LogP contribution in [0, 0.1) is 17.1 Å². The summed E-state index contributed by atoms with van der Waals surface area (Å²) in [5.41, 5.74) is 1.13. The summed E-state index contributed by atoms with van der Waals surface area (Å²) in [5.74, 6) is -0.197. The highest BCUT2D eigenvalue weighted by Crippen LogP contribution is 2.36. The van der Waals surface area contributed by atoms with Crippen LogP contribution in [0.15, 0.2) is 42.5 Å². The molecule has 0 aliphatic carbocycles.